The predicted octanol–water partition coefficient (Wildman–Crippen LogP) is 0.440. The second-order valence-electron chi connectivity index (χ2n) is 3.62. The van der Waals surface area contributed by atoms with Crippen LogP contribution in [0.3, 0.4) is 0 Å². The molecule has 0 radical (unpaired) electrons. The first-order chi connectivity index (χ1) is 7.89. The highest BCUT2D eigenvalue weighted by Crippen LogP contribution is 2.29. The first kappa shape index (κ1) is 12.0. The summed E-state index contributed by atoms with van der Waals surface area (Å²) in [5.41, 5.74) is -0.438. The molecule has 0 aromatic heterocycles. The Morgan fingerprint density at radius 1 is 1.47 bits per heavy atom. The van der Waals surface area contributed by atoms with Gasteiger partial charge in [0.2, 0.25) is 0 Å². The van der Waals surface area contributed by atoms with E-state index in [-0.39, 0.29) is 23.8 Å². The van der Waals surface area contributed by atoms with Crippen molar-refractivity contribution in [2.75, 3.05) is 6.61 Å². The van der Waals surface area contributed by atoms with E-state index in [1.54, 1.807) is 0 Å². The molecule has 1 atom stereocenters. The van der Waals surface area contributed by atoms with E-state index in [2.05, 4.69) is 0 Å². The first-order valence-electron chi connectivity index (χ1n) is 4.73. The number of benzene rings is 1. The van der Waals surface area contributed by atoms with Gasteiger partial charge in [-0.3, -0.25) is 10.1 Å². The van der Waals surface area contributed by atoms with Crippen molar-refractivity contribution in [1.29, 1.82) is 0 Å². The molecule has 0 spiro atoms. The zero-order valence-corrected chi connectivity index (χ0v) is 9.35. The molecular weight excluding hydrogens is 250 g/mol. The normalized spacial score (nSPS) is 19.0. The van der Waals surface area contributed by atoms with Gasteiger partial charge in [0.25, 0.3) is 5.69 Å². The number of epoxide rings is 1. The molecule has 1 fully saturated rings. The molecule has 17 heavy (non-hydrogen) atoms. The summed E-state index contributed by atoms with van der Waals surface area (Å²) in [7, 11) is -4.72. The maximum absolute atomic E-state index is 11.0. The molecule has 2 rings (SSSR count). The maximum atomic E-state index is 11.0. The van der Waals surface area contributed by atoms with Crippen LogP contribution < -0.4 is 0 Å². The van der Waals surface area contributed by atoms with E-state index in [0.29, 0.717) is 6.61 Å². The molecule has 0 amide bonds. The van der Waals surface area contributed by atoms with Crippen molar-refractivity contribution in [1.82, 2.24) is 0 Å². The second-order valence-corrected chi connectivity index (χ2v) is 4.97. The number of nitro benzene ring substituents is 1. The van der Waals surface area contributed by atoms with Crippen molar-refractivity contribution in [2.45, 2.75) is 17.4 Å². The Kier molecular flexibility index (Phi) is 2.86. The summed E-state index contributed by atoms with van der Waals surface area (Å²) in [4.78, 5) is 9.53. The maximum Gasteiger partial charge on any atom is 0.273 e. The fourth-order valence-electron chi connectivity index (χ4n) is 1.58. The van der Waals surface area contributed by atoms with E-state index in [4.69, 9.17) is 4.74 Å². The number of nitro groups is 1. The fraction of sp³-hybridized carbons (Fsp3) is 0.333. The fourth-order valence-corrected chi connectivity index (χ4v) is 2.31. The number of hydrogen-bond donors (Lipinski definition) is 0. The van der Waals surface area contributed by atoms with Gasteiger partial charge >= 0.3 is 0 Å². The topological polar surface area (TPSA) is 113 Å². The van der Waals surface area contributed by atoms with E-state index in [0.717, 1.165) is 6.07 Å². The lowest BCUT2D eigenvalue weighted by atomic mass is 10.1. The molecule has 1 aliphatic heterocycles. The molecular formula is C9H8NO6S-. The summed E-state index contributed by atoms with van der Waals surface area (Å²) in [6.07, 6.45) is -0.176. The smallest absolute Gasteiger partial charge is 0.273 e. The van der Waals surface area contributed by atoms with E-state index >= 15 is 0 Å². The van der Waals surface area contributed by atoms with Crippen LogP contribution in [0, 0.1) is 10.1 Å². The molecule has 1 aromatic carbocycles. The van der Waals surface area contributed by atoms with Gasteiger partial charge in [-0.05, 0) is 6.07 Å². The summed E-state index contributed by atoms with van der Waals surface area (Å²) in [6.45, 7) is 0.421. The van der Waals surface area contributed by atoms with Gasteiger partial charge in [-0.25, -0.2) is 8.42 Å². The molecule has 0 aliphatic carbocycles. The molecule has 1 aliphatic rings. The molecule has 1 aromatic rings. The Labute approximate surface area is 96.9 Å². The lowest BCUT2D eigenvalue weighted by Gasteiger charge is -2.12. The van der Waals surface area contributed by atoms with Gasteiger partial charge in [0, 0.05) is 18.1 Å². The van der Waals surface area contributed by atoms with Crippen molar-refractivity contribution in [3.8, 4) is 0 Å². The Bertz CT molecular complexity index is 563. The SMILES string of the molecule is O=[N+]([O-])c1cccc(S(=O)(=O)[O-])c1CC1CO1. The van der Waals surface area contributed by atoms with Crippen molar-refractivity contribution < 1.29 is 22.6 Å². The highest BCUT2D eigenvalue weighted by molar-refractivity contribution is 7.85. The van der Waals surface area contributed by atoms with Crippen LogP contribution in [0.5, 0.6) is 0 Å². The van der Waals surface area contributed by atoms with Gasteiger partial charge in [0.1, 0.15) is 10.1 Å². The predicted molar refractivity (Wildman–Crippen MR) is 54.5 cm³/mol. The highest BCUT2D eigenvalue weighted by atomic mass is 32.2. The van der Waals surface area contributed by atoms with E-state index < -0.39 is 19.9 Å². The van der Waals surface area contributed by atoms with Crippen LogP contribution in [-0.4, -0.2) is 30.6 Å². The van der Waals surface area contributed by atoms with Crippen LogP contribution in [0.25, 0.3) is 0 Å². The zero-order valence-electron chi connectivity index (χ0n) is 8.53. The van der Waals surface area contributed by atoms with Crippen LogP contribution in [0.1, 0.15) is 5.56 Å². The average Bonchev–Trinajstić information content (AvgIpc) is 3.00. The zero-order chi connectivity index (χ0) is 12.6. The summed E-state index contributed by atoms with van der Waals surface area (Å²) < 4.78 is 37.9. The molecule has 0 bridgehead atoms. The minimum absolute atomic E-state index is 0.0634. The van der Waals surface area contributed by atoms with Crippen molar-refractivity contribution in [3.63, 3.8) is 0 Å². The average molecular weight is 258 g/mol. The highest BCUT2D eigenvalue weighted by Gasteiger charge is 2.29. The molecule has 1 saturated heterocycles. The Hall–Kier alpha value is -1.51. The van der Waals surface area contributed by atoms with E-state index in [1.807, 2.05) is 0 Å². The standard InChI is InChI=1S/C9H9NO6S/c11-10(12)8-2-1-3-9(17(13,14)15)7(8)4-6-5-16-6/h1-3,6H,4-5H2,(H,13,14,15)/p-1. The minimum Gasteiger partial charge on any atom is -0.744 e. The summed E-state index contributed by atoms with van der Waals surface area (Å²) in [6, 6.07) is 3.43. The van der Waals surface area contributed by atoms with Crippen LogP contribution in [0.2, 0.25) is 0 Å². The molecule has 0 N–H and O–H groups in total. The van der Waals surface area contributed by atoms with E-state index in [9.17, 15) is 23.1 Å². The first-order valence-corrected chi connectivity index (χ1v) is 6.14. The molecule has 1 unspecified atom stereocenters. The monoisotopic (exact) mass is 258 g/mol. The third-order valence-electron chi connectivity index (χ3n) is 2.41. The second kappa shape index (κ2) is 4.06. The number of rotatable bonds is 4. The van der Waals surface area contributed by atoms with Gasteiger partial charge < -0.3 is 9.29 Å². The molecule has 1 heterocycles. The van der Waals surface area contributed by atoms with Crippen LogP contribution in [0.4, 0.5) is 5.69 Å². The summed E-state index contributed by atoms with van der Waals surface area (Å²) in [5.74, 6) is 0. The lowest BCUT2D eigenvalue weighted by molar-refractivity contribution is -0.385. The Morgan fingerprint density at radius 2 is 2.12 bits per heavy atom. The van der Waals surface area contributed by atoms with Crippen LogP contribution >= 0.6 is 0 Å². The van der Waals surface area contributed by atoms with Crippen molar-refractivity contribution >= 4 is 15.8 Å². The molecule has 0 saturated carbocycles. The third-order valence-corrected chi connectivity index (χ3v) is 3.33. The summed E-state index contributed by atoms with van der Waals surface area (Å²) in [5, 5.41) is 10.8. The largest absolute Gasteiger partial charge is 0.744 e. The quantitative estimate of drug-likeness (QED) is 0.335. The number of hydrogen-bond acceptors (Lipinski definition) is 6. The Morgan fingerprint density at radius 3 is 2.59 bits per heavy atom. The molecule has 8 heteroatoms. The van der Waals surface area contributed by atoms with E-state index in [1.165, 1.54) is 12.1 Å². The van der Waals surface area contributed by atoms with Crippen LogP contribution in [0.15, 0.2) is 23.1 Å². The van der Waals surface area contributed by atoms with Gasteiger partial charge in [0.15, 0.2) is 0 Å². The molecule has 92 valence electrons. The van der Waals surface area contributed by atoms with Crippen molar-refractivity contribution in [3.05, 3.63) is 33.9 Å². The minimum atomic E-state index is -4.72. The van der Waals surface area contributed by atoms with Gasteiger partial charge in [-0.15, -0.1) is 0 Å². The number of ether oxygens (including phenoxy) is 1. The van der Waals surface area contributed by atoms with Crippen molar-refractivity contribution in [2.24, 2.45) is 0 Å². The third kappa shape index (κ3) is 2.60. The van der Waals surface area contributed by atoms with Gasteiger partial charge in [0.05, 0.1) is 22.5 Å². The lowest BCUT2D eigenvalue weighted by Crippen LogP contribution is -2.08. The van der Waals surface area contributed by atoms with Crippen LogP contribution in [-0.2, 0) is 21.3 Å². The van der Waals surface area contributed by atoms with Gasteiger partial charge in [-0.1, -0.05) is 6.07 Å². The van der Waals surface area contributed by atoms with Gasteiger partial charge in [-0.2, -0.15) is 0 Å². The number of nitrogens with zero attached hydrogens (tertiary/aromatic N) is 1. The summed E-state index contributed by atoms with van der Waals surface area (Å²) >= 11 is 0. The molecule has 7 nitrogen and oxygen atoms in total. The Balaban J connectivity index is 2.57.